The number of benzene rings is 3. The fourth-order valence-electron chi connectivity index (χ4n) is 4.44. The van der Waals surface area contributed by atoms with E-state index < -0.39 is 5.91 Å². The number of fused-ring (bicyclic) bond motifs is 1. The van der Waals surface area contributed by atoms with Crippen molar-refractivity contribution in [1.29, 1.82) is 5.41 Å². The number of amides is 1. The molecule has 42 heavy (non-hydrogen) atoms. The second-order valence-corrected chi connectivity index (χ2v) is 10.9. The molecule has 5 rings (SSSR count). The van der Waals surface area contributed by atoms with Crippen molar-refractivity contribution in [2.45, 2.75) is 39.0 Å². The number of hydrogen-bond acceptors (Lipinski definition) is 7. The highest BCUT2D eigenvalue weighted by atomic mass is 32.2. The van der Waals surface area contributed by atoms with Gasteiger partial charge in [-0.2, -0.15) is 15.1 Å². The van der Waals surface area contributed by atoms with E-state index >= 15 is 0 Å². The lowest BCUT2D eigenvalue weighted by atomic mass is 10.1. The summed E-state index contributed by atoms with van der Waals surface area (Å²) < 4.78 is 17.5. The maximum absolute atomic E-state index is 12.8. The SMILES string of the molecule is CCCCCCc1ccc(OCCOc2cccc(C=C3C(=N)N4N=C(COc5ccccc5)SC4=NC3=O)c2)cc1. The number of carbonyl (C=O) groups excluding carboxylic acids is 1. The smallest absolute Gasteiger partial charge is 0.283 e. The maximum atomic E-state index is 12.8. The molecule has 3 aromatic carbocycles. The van der Waals surface area contributed by atoms with Crippen LogP contribution in [0.25, 0.3) is 6.08 Å². The lowest BCUT2D eigenvalue weighted by Crippen LogP contribution is -2.35. The van der Waals surface area contributed by atoms with Gasteiger partial charge in [-0.05, 0) is 78.2 Å². The van der Waals surface area contributed by atoms with Gasteiger partial charge in [-0.3, -0.25) is 10.2 Å². The fourth-order valence-corrected chi connectivity index (χ4v) is 5.24. The lowest BCUT2D eigenvalue weighted by molar-refractivity contribution is -0.114. The molecule has 2 aliphatic rings. The number of aliphatic imine (C=N–C) groups is 1. The number of hydrazone groups is 1. The number of thioether (sulfide) groups is 1. The van der Waals surface area contributed by atoms with Crippen LogP contribution < -0.4 is 14.2 Å². The van der Waals surface area contributed by atoms with Crippen LogP contribution in [0, 0.1) is 5.41 Å². The summed E-state index contributed by atoms with van der Waals surface area (Å²) in [7, 11) is 0. The minimum Gasteiger partial charge on any atom is -0.490 e. The summed E-state index contributed by atoms with van der Waals surface area (Å²) in [5, 5.41) is 15.4. The Bertz CT molecular complexity index is 1490. The Morgan fingerprint density at radius 3 is 2.38 bits per heavy atom. The first-order chi connectivity index (χ1) is 20.6. The summed E-state index contributed by atoms with van der Waals surface area (Å²) >= 11 is 1.23. The maximum Gasteiger partial charge on any atom is 0.283 e. The van der Waals surface area contributed by atoms with E-state index in [0.717, 1.165) is 23.5 Å². The van der Waals surface area contributed by atoms with E-state index in [1.165, 1.54) is 48.0 Å². The zero-order chi connectivity index (χ0) is 29.1. The summed E-state index contributed by atoms with van der Waals surface area (Å²) in [4.78, 5) is 17.0. The molecule has 0 spiro atoms. The first-order valence-electron chi connectivity index (χ1n) is 14.2. The molecule has 0 fully saturated rings. The largest absolute Gasteiger partial charge is 0.490 e. The number of carbonyl (C=O) groups is 1. The van der Waals surface area contributed by atoms with Crippen LogP contribution in [-0.4, -0.2) is 46.8 Å². The first-order valence-corrected chi connectivity index (χ1v) is 15.0. The highest BCUT2D eigenvalue weighted by Crippen LogP contribution is 2.29. The molecule has 0 atom stereocenters. The predicted octanol–water partition coefficient (Wildman–Crippen LogP) is 6.97. The molecule has 0 saturated heterocycles. The molecule has 0 radical (unpaired) electrons. The highest BCUT2D eigenvalue weighted by Gasteiger charge is 2.35. The van der Waals surface area contributed by atoms with Gasteiger partial charge >= 0.3 is 0 Å². The van der Waals surface area contributed by atoms with E-state index in [2.05, 4.69) is 29.2 Å². The van der Waals surface area contributed by atoms with E-state index in [4.69, 9.17) is 19.6 Å². The third-order valence-electron chi connectivity index (χ3n) is 6.63. The second kappa shape index (κ2) is 14.5. The predicted molar refractivity (Wildman–Crippen MR) is 169 cm³/mol. The Labute approximate surface area is 250 Å². The highest BCUT2D eigenvalue weighted by molar-refractivity contribution is 8.27. The zero-order valence-corrected chi connectivity index (χ0v) is 24.4. The molecule has 216 valence electrons. The molecule has 9 heteroatoms. The van der Waals surface area contributed by atoms with Crippen molar-refractivity contribution in [3.05, 3.63) is 95.6 Å². The van der Waals surface area contributed by atoms with E-state index in [0.29, 0.717) is 29.2 Å². The molecule has 0 saturated carbocycles. The molecule has 0 unspecified atom stereocenters. The summed E-state index contributed by atoms with van der Waals surface area (Å²) in [5.74, 6) is 1.67. The van der Waals surface area contributed by atoms with Gasteiger partial charge < -0.3 is 14.2 Å². The number of hydrogen-bond donors (Lipinski definition) is 1. The number of ether oxygens (including phenoxy) is 3. The number of amidine groups is 2. The monoisotopic (exact) mass is 582 g/mol. The zero-order valence-electron chi connectivity index (χ0n) is 23.6. The third-order valence-corrected chi connectivity index (χ3v) is 7.52. The molecule has 1 amide bonds. The van der Waals surface area contributed by atoms with Gasteiger partial charge in [0.2, 0.25) is 5.17 Å². The number of para-hydroxylation sites is 1. The van der Waals surface area contributed by atoms with Crippen LogP contribution in [0.15, 0.2) is 94.5 Å². The Kier molecular flexibility index (Phi) is 10.1. The van der Waals surface area contributed by atoms with Gasteiger partial charge in [0.1, 0.15) is 42.1 Å². The third kappa shape index (κ3) is 7.88. The summed E-state index contributed by atoms with van der Waals surface area (Å²) in [6.45, 7) is 3.22. The van der Waals surface area contributed by atoms with Crippen LogP contribution in [0.3, 0.4) is 0 Å². The van der Waals surface area contributed by atoms with Crippen LogP contribution in [-0.2, 0) is 11.2 Å². The van der Waals surface area contributed by atoms with Gasteiger partial charge in [0.05, 0.1) is 5.57 Å². The number of nitrogens with one attached hydrogen (secondary N) is 1. The van der Waals surface area contributed by atoms with E-state index in [9.17, 15) is 4.79 Å². The minimum absolute atomic E-state index is 0.0288. The van der Waals surface area contributed by atoms with Gasteiger partial charge in [-0.15, -0.1) is 0 Å². The Morgan fingerprint density at radius 1 is 0.857 bits per heavy atom. The molecule has 2 aliphatic heterocycles. The van der Waals surface area contributed by atoms with Crippen LogP contribution in [0.5, 0.6) is 17.2 Å². The van der Waals surface area contributed by atoms with Crippen molar-refractivity contribution in [3.63, 3.8) is 0 Å². The molecule has 0 aromatic heterocycles. The molecular weight excluding hydrogens is 548 g/mol. The van der Waals surface area contributed by atoms with Gasteiger partial charge in [-0.25, -0.2) is 0 Å². The number of unbranched alkanes of at least 4 members (excludes halogenated alkanes) is 3. The first kappa shape index (κ1) is 29.1. The van der Waals surface area contributed by atoms with Gasteiger partial charge in [0.15, 0.2) is 5.84 Å². The van der Waals surface area contributed by atoms with Crippen LogP contribution in [0.1, 0.15) is 43.7 Å². The van der Waals surface area contributed by atoms with E-state index in [-0.39, 0.29) is 18.0 Å². The topological polar surface area (TPSA) is 96.6 Å². The van der Waals surface area contributed by atoms with Crippen molar-refractivity contribution < 1.29 is 19.0 Å². The summed E-state index contributed by atoms with van der Waals surface area (Å²) in [6.07, 6.45) is 7.77. The summed E-state index contributed by atoms with van der Waals surface area (Å²) in [5.41, 5.74) is 2.21. The molecular formula is C33H34N4O4S. The Balaban J connectivity index is 1.12. The fraction of sp³-hybridized carbons (Fsp3) is 0.273. The van der Waals surface area contributed by atoms with E-state index in [1.807, 2.05) is 66.7 Å². The lowest BCUT2D eigenvalue weighted by Gasteiger charge is -2.20. The standard InChI is InChI=1S/C33H34N4O4S/c1-2-3-4-6-10-24-15-17-27(18-16-24)39-19-20-40-28-14-9-11-25(21-28)22-29-31(34)37-33(35-32(29)38)42-30(36-37)23-41-26-12-7-5-8-13-26/h5,7-9,11-18,21-22,34H,2-4,6,10,19-20,23H2,1H3. The number of rotatable bonds is 14. The average Bonchev–Trinajstić information content (AvgIpc) is 3.43. The van der Waals surface area contributed by atoms with E-state index in [1.54, 1.807) is 6.08 Å². The number of nitrogens with zero attached hydrogens (tertiary/aromatic N) is 3. The van der Waals surface area contributed by atoms with Gasteiger partial charge in [0, 0.05) is 0 Å². The molecule has 0 bridgehead atoms. The quantitative estimate of drug-likeness (QED) is 0.163. The van der Waals surface area contributed by atoms with Gasteiger partial charge in [0.25, 0.3) is 5.91 Å². The van der Waals surface area contributed by atoms with Crippen molar-refractivity contribution in [1.82, 2.24) is 5.01 Å². The van der Waals surface area contributed by atoms with Crippen molar-refractivity contribution in [2.75, 3.05) is 19.8 Å². The van der Waals surface area contributed by atoms with Crippen LogP contribution in [0.4, 0.5) is 0 Å². The molecule has 8 nitrogen and oxygen atoms in total. The van der Waals surface area contributed by atoms with Gasteiger partial charge in [-0.1, -0.05) is 68.7 Å². The Hall–Kier alpha value is -4.37. The average molecular weight is 583 g/mol. The normalized spacial score (nSPS) is 15.4. The van der Waals surface area contributed by atoms with Crippen molar-refractivity contribution >= 4 is 39.8 Å². The van der Waals surface area contributed by atoms with Crippen molar-refractivity contribution in [2.24, 2.45) is 10.1 Å². The molecule has 1 N–H and O–H groups in total. The number of aryl methyl sites for hydroxylation is 1. The summed E-state index contributed by atoms with van der Waals surface area (Å²) in [6, 6.07) is 25.0. The minimum atomic E-state index is -0.481. The van der Waals surface area contributed by atoms with Crippen LogP contribution >= 0.6 is 11.8 Å². The molecule has 3 aromatic rings. The van der Waals surface area contributed by atoms with Crippen molar-refractivity contribution in [3.8, 4) is 17.2 Å². The van der Waals surface area contributed by atoms with Crippen LogP contribution in [0.2, 0.25) is 0 Å². The molecule has 2 heterocycles. The Morgan fingerprint density at radius 2 is 1.60 bits per heavy atom. The molecule has 0 aliphatic carbocycles. The second-order valence-electron chi connectivity index (χ2n) is 9.84.